The van der Waals surface area contributed by atoms with E-state index in [2.05, 4.69) is 15.9 Å². The average molecular weight is 193 g/mol. The smallest absolute Gasteiger partial charge is 0.342 e. The summed E-state index contributed by atoms with van der Waals surface area (Å²) in [6.07, 6.45) is 3.44. The molecule has 0 spiro atoms. The number of hydrogen-bond acceptors (Lipinski definition) is 1. The van der Waals surface area contributed by atoms with E-state index in [4.69, 9.17) is 5.11 Å². The van der Waals surface area contributed by atoms with Crippen molar-refractivity contribution in [2.45, 2.75) is 19.8 Å². The molecule has 0 aromatic rings. The first-order valence-corrected chi connectivity index (χ1v) is 3.56. The van der Waals surface area contributed by atoms with Gasteiger partial charge in [-0.2, -0.15) is 0 Å². The number of unbranched alkanes of at least 4 members (excludes halogenated alkanes) is 1. The van der Waals surface area contributed by atoms with Gasteiger partial charge in [-0.15, -0.1) is 0 Å². The van der Waals surface area contributed by atoms with Gasteiger partial charge in [0, 0.05) is 0 Å². The lowest BCUT2D eigenvalue weighted by Crippen LogP contribution is -1.92. The van der Waals surface area contributed by atoms with Crippen molar-refractivity contribution in [3.05, 3.63) is 10.6 Å². The van der Waals surface area contributed by atoms with Gasteiger partial charge in [0.15, 0.2) is 0 Å². The van der Waals surface area contributed by atoms with Gasteiger partial charge in [-0.3, -0.25) is 0 Å². The van der Waals surface area contributed by atoms with E-state index in [0.717, 1.165) is 12.8 Å². The van der Waals surface area contributed by atoms with E-state index in [9.17, 15) is 4.79 Å². The second kappa shape index (κ2) is 4.56. The van der Waals surface area contributed by atoms with Crippen molar-refractivity contribution in [3.63, 3.8) is 0 Å². The van der Waals surface area contributed by atoms with Crippen molar-refractivity contribution < 1.29 is 9.90 Å². The van der Waals surface area contributed by atoms with Gasteiger partial charge in [0.2, 0.25) is 0 Å². The Labute approximate surface area is 62.7 Å². The Morgan fingerprint density at radius 2 is 2.33 bits per heavy atom. The molecule has 0 saturated heterocycles. The number of carboxylic acids is 1. The molecule has 2 nitrogen and oxygen atoms in total. The normalized spacial score (nSPS) is 11.6. The van der Waals surface area contributed by atoms with E-state index in [-0.39, 0.29) is 4.48 Å². The molecule has 0 heterocycles. The molecule has 0 aliphatic carbocycles. The van der Waals surface area contributed by atoms with Gasteiger partial charge in [0.1, 0.15) is 0 Å². The van der Waals surface area contributed by atoms with Gasteiger partial charge in [0.05, 0.1) is 4.48 Å². The largest absolute Gasteiger partial charge is 0.477 e. The van der Waals surface area contributed by atoms with E-state index in [1.54, 1.807) is 6.08 Å². The maximum absolute atomic E-state index is 10.1. The second-order valence-electron chi connectivity index (χ2n) is 1.65. The van der Waals surface area contributed by atoms with Crippen LogP contribution < -0.4 is 0 Å². The molecule has 3 heteroatoms. The van der Waals surface area contributed by atoms with E-state index >= 15 is 0 Å². The number of halogens is 1. The number of carbonyl (C=O) groups is 1. The third-order valence-corrected chi connectivity index (χ3v) is 1.48. The lowest BCUT2D eigenvalue weighted by atomic mass is 10.3. The molecule has 0 fully saturated rings. The summed E-state index contributed by atoms with van der Waals surface area (Å²) in [4.78, 5) is 10.1. The average Bonchev–Trinajstić information content (AvgIpc) is 1.82. The fourth-order valence-electron chi connectivity index (χ4n) is 0.358. The van der Waals surface area contributed by atoms with Crippen LogP contribution in [0.1, 0.15) is 19.8 Å². The molecule has 9 heavy (non-hydrogen) atoms. The number of aliphatic carboxylic acids is 1. The molecule has 0 rings (SSSR count). The summed E-state index contributed by atoms with van der Waals surface area (Å²) in [5, 5.41) is 8.29. The monoisotopic (exact) mass is 192 g/mol. The molecule has 0 aromatic carbocycles. The Kier molecular flexibility index (Phi) is 4.40. The van der Waals surface area contributed by atoms with Gasteiger partial charge in [-0.05, 0) is 22.4 Å². The van der Waals surface area contributed by atoms with Gasteiger partial charge in [-0.25, -0.2) is 4.79 Å². The Morgan fingerprint density at radius 3 is 2.67 bits per heavy atom. The van der Waals surface area contributed by atoms with Gasteiger partial charge in [-0.1, -0.05) is 19.4 Å². The molecule has 0 bridgehead atoms. The molecule has 0 aromatic heterocycles. The molecule has 52 valence electrons. The first-order valence-electron chi connectivity index (χ1n) is 2.77. The molecule has 0 atom stereocenters. The van der Waals surface area contributed by atoms with Crippen LogP contribution in [0.3, 0.4) is 0 Å². The Hall–Kier alpha value is -0.310. The standard InChI is InChI=1S/C6H9BrO2/c1-2-3-4-5(7)6(8)9/h4H,2-3H2,1H3,(H,8,9)/b5-4-. The molecular formula is C6H9BrO2. The third-order valence-electron chi connectivity index (χ3n) is 0.817. The predicted octanol–water partition coefficient (Wildman–Crippen LogP) is 2.15. The highest BCUT2D eigenvalue weighted by atomic mass is 79.9. The Balaban J connectivity index is 3.69. The van der Waals surface area contributed by atoms with Crippen LogP contribution in [0.25, 0.3) is 0 Å². The molecule has 0 aliphatic rings. The van der Waals surface area contributed by atoms with Crippen molar-refractivity contribution in [1.82, 2.24) is 0 Å². The lowest BCUT2D eigenvalue weighted by molar-refractivity contribution is -0.131. The van der Waals surface area contributed by atoms with Crippen molar-refractivity contribution >= 4 is 21.9 Å². The summed E-state index contributed by atoms with van der Waals surface area (Å²) in [6.45, 7) is 2.00. The molecule has 0 amide bonds. The minimum Gasteiger partial charge on any atom is -0.477 e. The van der Waals surface area contributed by atoms with Crippen LogP contribution in [0, 0.1) is 0 Å². The number of rotatable bonds is 3. The molecule has 0 aliphatic heterocycles. The second-order valence-corrected chi connectivity index (χ2v) is 2.50. The SMILES string of the molecule is CCC/C=C(\Br)C(=O)O. The zero-order chi connectivity index (χ0) is 7.28. The summed E-state index contributed by atoms with van der Waals surface area (Å²) in [6, 6.07) is 0. The minimum atomic E-state index is -0.900. The van der Waals surface area contributed by atoms with Gasteiger partial charge < -0.3 is 5.11 Å². The number of carboxylic acid groups (broad SMARTS) is 1. The van der Waals surface area contributed by atoms with Crippen molar-refractivity contribution in [2.24, 2.45) is 0 Å². The summed E-state index contributed by atoms with van der Waals surface area (Å²) < 4.78 is 0.254. The fourth-order valence-corrected chi connectivity index (χ4v) is 0.587. The topological polar surface area (TPSA) is 37.3 Å². The van der Waals surface area contributed by atoms with E-state index in [1.807, 2.05) is 6.92 Å². The lowest BCUT2D eigenvalue weighted by Gasteiger charge is -1.87. The van der Waals surface area contributed by atoms with Crippen molar-refractivity contribution in [3.8, 4) is 0 Å². The third kappa shape index (κ3) is 4.21. The van der Waals surface area contributed by atoms with Crippen LogP contribution in [-0.4, -0.2) is 11.1 Å². The Morgan fingerprint density at radius 1 is 1.78 bits per heavy atom. The maximum atomic E-state index is 10.1. The summed E-state index contributed by atoms with van der Waals surface area (Å²) in [5.41, 5.74) is 0. The van der Waals surface area contributed by atoms with Crippen molar-refractivity contribution in [1.29, 1.82) is 0 Å². The number of hydrogen-bond donors (Lipinski definition) is 1. The summed E-state index contributed by atoms with van der Waals surface area (Å²) in [7, 11) is 0. The quantitative estimate of drug-likeness (QED) is 0.697. The van der Waals surface area contributed by atoms with E-state index < -0.39 is 5.97 Å². The molecule has 0 radical (unpaired) electrons. The molecule has 0 saturated carbocycles. The van der Waals surface area contributed by atoms with Crippen molar-refractivity contribution in [2.75, 3.05) is 0 Å². The minimum absolute atomic E-state index is 0.254. The van der Waals surface area contributed by atoms with E-state index in [0.29, 0.717) is 0 Å². The maximum Gasteiger partial charge on any atom is 0.342 e. The highest BCUT2D eigenvalue weighted by Crippen LogP contribution is 2.06. The van der Waals surface area contributed by atoms with Crippen LogP contribution in [0.4, 0.5) is 0 Å². The van der Waals surface area contributed by atoms with Crippen LogP contribution in [0.2, 0.25) is 0 Å². The highest BCUT2D eigenvalue weighted by Gasteiger charge is 1.98. The van der Waals surface area contributed by atoms with E-state index in [1.165, 1.54) is 0 Å². The van der Waals surface area contributed by atoms with Crippen LogP contribution >= 0.6 is 15.9 Å². The molecular weight excluding hydrogens is 184 g/mol. The van der Waals surface area contributed by atoms with Crippen LogP contribution in [0.15, 0.2) is 10.6 Å². The summed E-state index contributed by atoms with van der Waals surface area (Å²) >= 11 is 2.90. The zero-order valence-electron chi connectivity index (χ0n) is 5.22. The summed E-state index contributed by atoms with van der Waals surface area (Å²) in [5.74, 6) is -0.900. The zero-order valence-corrected chi connectivity index (χ0v) is 6.81. The first kappa shape index (κ1) is 8.69. The van der Waals surface area contributed by atoms with Crippen LogP contribution in [-0.2, 0) is 4.79 Å². The molecule has 1 N–H and O–H groups in total. The van der Waals surface area contributed by atoms with Gasteiger partial charge >= 0.3 is 5.97 Å². The van der Waals surface area contributed by atoms with Crippen LogP contribution in [0.5, 0.6) is 0 Å². The molecule has 0 unspecified atom stereocenters. The highest BCUT2D eigenvalue weighted by molar-refractivity contribution is 9.12. The predicted molar refractivity (Wildman–Crippen MR) is 39.6 cm³/mol. The van der Waals surface area contributed by atoms with Gasteiger partial charge in [0.25, 0.3) is 0 Å². The Bertz CT molecular complexity index is 129. The first-order chi connectivity index (χ1) is 4.18. The fraction of sp³-hybridized carbons (Fsp3) is 0.500. The number of allylic oxidation sites excluding steroid dienone is 1.